The van der Waals surface area contributed by atoms with Crippen molar-refractivity contribution < 1.29 is 4.74 Å². The summed E-state index contributed by atoms with van der Waals surface area (Å²) in [6.45, 7) is 4.05. The number of benzene rings is 1. The maximum Gasteiger partial charge on any atom is 0.188 e. The number of nitrogens with zero attached hydrogens (tertiary/aromatic N) is 2. The summed E-state index contributed by atoms with van der Waals surface area (Å²) in [5, 5.41) is 0.951. The van der Waals surface area contributed by atoms with E-state index in [0.29, 0.717) is 0 Å². The zero-order chi connectivity index (χ0) is 14.5. The van der Waals surface area contributed by atoms with Crippen molar-refractivity contribution in [3.05, 3.63) is 47.8 Å². The Morgan fingerprint density at radius 3 is 2.50 bits per heavy atom. The molecule has 1 aromatic carbocycles. The third kappa shape index (κ3) is 3.71. The van der Waals surface area contributed by atoms with Crippen molar-refractivity contribution in [1.82, 2.24) is 9.97 Å². The summed E-state index contributed by atoms with van der Waals surface area (Å²) in [6.07, 6.45) is 1.77. The molecule has 4 nitrogen and oxygen atoms in total. The van der Waals surface area contributed by atoms with E-state index in [4.69, 9.17) is 10.5 Å². The monoisotopic (exact) mass is 289 g/mol. The van der Waals surface area contributed by atoms with E-state index in [9.17, 15) is 0 Å². The van der Waals surface area contributed by atoms with Gasteiger partial charge in [0.05, 0.1) is 7.11 Å². The summed E-state index contributed by atoms with van der Waals surface area (Å²) in [4.78, 5) is 8.65. The number of nitrogens with two attached hydrogens (primary N) is 1. The third-order valence-corrected chi connectivity index (χ3v) is 4.14. The van der Waals surface area contributed by atoms with Crippen LogP contribution in [0.25, 0.3) is 0 Å². The highest BCUT2D eigenvalue weighted by Gasteiger charge is 2.17. The number of rotatable bonds is 5. The Balaban J connectivity index is 2.05. The smallest absolute Gasteiger partial charge is 0.188 e. The van der Waals surface area contributed by atoms with E-state index < -0.39 is 0 Å². The van der Waals surface area contributed by atoms with Crippen LogP contribution in [0.4, 0.5) is 0 Å². The molecule has 0 saturated carbocycles. The first-order chi connectivity index (χ1) is 9.60. The van der Waals surface area contributed by atoms with Gasteiger partial charge in [-0.05, 0) is 30.7 Å². The van der Waals surface area contributed by atoms with Gasteiger partial charge in [0.15, 0.2) is 5.16 Å². The minimum atomic E-state index is -0.0741. The Bertz CT molecular complexity index is 559. The fraction of sp³-hybridized carbons (Fsp3) is 0.333. The average Bonchev–Trinajstić information content (AvgIpc) is 2.46. The van der Waals surface area contributed by atoms with Crippen molar-refractivity contribution in [2.75, 3.05) is 7.11 Å². The van der Waals surface area contributed by atoms with Gasteiger partial charge in [-0.25, -0.2) is 9.97 Å². The number of aryl methyl sites for hydroxylation is 1. The van der Waals surface area contributed by atoms with Crippen LogP contribution in [0.2, 0.25) is 0 Å². The Hall–Kier alpha value is -1.59. The summed E-state index contributed by atoms with van der Waals surface area (Å²) in [6, 6.07) is 9.66. The van der Waals surface area contributed by atoms with E-state index >= 15 is 0 Å². The molecule has 0 radical (unpaired) electrons. The first kappa shape index (κ1) is 14.8. The summed E-state index contributed by atoms with van der Waals surface area (Å²) >= 11 is 1.59. The lowest BCUT2D eigenvalue weighted by Crippen LogP contribution is -2.21. The number of hydrogen-bond acceptors (Lipinski definition) is 5. The third-order valence-electron chi connectivity index (χ3n) is 3.07. The highest BCUT2D eigenvalue weighted by atomic mass is 32.2. The highest BCUT2D eigenvalue weighted by molar-refractivity contribution is 7.99. The van der Waals surface area contributed by atoms with Crippen molar-refractivity contribution in [1.29, 1.82) is 0 Å². The minimum Gasteiger partial charge on any atom is -0.497 e. The zero-order valence-corrected chi connectivity index (χ0v) is 12.7. The molecule has 0 aliphatic carbocycles. The molecule has 106 valence electrons. The standard InChI is InChI=1S/C15H19N3OS/c1-10-8-9-17-15(18-10)20-11(2)14(16)12-4-6-13(19-3)7-5-12/h4-9,11,14H,16H2,1-3H3. The fourth-order valence-electron chi connectivity index (χ4n) is 1.82. The molecule has 2 unspecified atom stereocenters. The van der Waals surface area contributed by atoms with Crippen molar-refractivity contribution in [2.24, 2.45) is 5.73 Å². The molecule has 0 amide bonds. The second-order valence-electron chi connectivity index (χ2n) is 4.60. The van der Waals surface area contributed by atoms with E-state index in [1.165, 1.54) is 0 Å². The van der Waals surface area contributed by atoms with Crippen LogP contribution in [0.15, 0.2) is 41.7 Å². The van der Waals surface area contributed by atoms with E-state index in [1.54, 1.807) is 25.1 Å². The maximum atomic E-state index is 6.30. The SMILES string of the molecule is COc1ccc(C(N)C(C)Sc2nccc(C)n2)cc1. The van der Waals surface area contributed by atoms with Crippen LogP contribution in [0.3, 0.4) is 0 Å². The quantitative estimate of drug-likeness (QED) is 0.677. The lowest BCUT2D eigenvalue weighted by molar-refractivity contribution is 0.414. The molecule has 0 spiro atoms. The molecule has 0 aliphatic rings. The van der Waals surface area contributed by atoms with Crippen molar-refractivity contribution >= 4 is 11.8 Å². The topological polar surface area (TPSA) is 61.0 Å². The van der Waals surface area contributed by atoms with Crippen molar-refractivity contribution in [3.8, 4) is 5.75 Å². The molecule has 1 aromatic heterocycles. The molecular formula is C15H19N3OS. The first-order valence-corrected chi connectivity index (χ1v) is 7.34. The average molecular weight is 289 g/mol. The zero-order valence-electron chi connectivity index (χ0n) is 11.9. The molecular weight excluding hydrogens is 270 g/mol. The molecule has 0 aliphatic heterocycles. The Labute approximate surface area is 123 Å². The second kappa shape index (κ2) is 6.72. The lowest BCUT2D eigenvalue weighted by Gasteiger charge is -2.19. The summed E-state index contributed by atoms with van der Waals surface area (Å²) in [7, 11) is 1.66. The van der Waals surface area contributed by atoms with Crippen molar-refractivity contribution in [2.45, 2.75) is 30.3 Å². The van der Waals surface area contributed by atoms with Gasteiger partial charge >= 0.3 is 0 Å². The molecule has 1 heterocycles. The second-order valence-corrected chi connectivity index (χ2v) is 5.95. The van der Waals surface area contributed by atoms with E-state index in [2.05, 4.69) is 16.9 Å². The Morgan fingerprint density at radius 2 is 1.90 bits per heavy atom. The van der Waals surface area contributed by atoms with E-state index in [-0.39, 0.29) is 11.3 Å². The van der Waals surface area contributed by atoms with Crippen LogP contribution in [-0.2, 0) is 0 Å². The molecule has 20 heavy (non-hydrogen) atoms. The number of methoxy groups -OCH3 is 1. The molecule has 2 aromatic rings. The lowest BCUT2D eigenvalue weighted by atomic mass is 10.1. The van der Waals surface area contributed by atoms with E-state index in [0.717, 1.165) is 22.2 Å². The van der Waals surface area contributed by atoms with Gasteiger partial charge in [-0.1, -0.05) is 30.8 Å². The van der Waals surface area contributed by atoms with Crippen LogP contribution >= 0.6 is 11.8 Å². The predicted molar refractivity (Wildman–Crippen MR) is 82.0 cm³/mol. The van der Waals surface area contributed by atoms with Gasteiger partial charge < -0.3 is 10.5 Å². The molecule has 2 rings (SSSR count). The van der Waals surface area contributed by atoms with Crippen LogP contribution in [-0.4, -0.2) is 22.3 Å². The number of thioether (sulfide) groups is 1. The molecule has 0 saturated heterocycles. The van der Waals surface area contributed by atoms with Gasteiger partial charge in [0, 0.05) is 23.2 Å². The minimum absolute atomic E-state index is 0.0741. The maximum absolute atomic E-state index is 6.30. The van der Waals surface area contributed by atoms with Crippen LogP contribution in [0.5, 0.6) is 5.75 Å². The normalized spacial score (nSPS) is 13.8. The number of aromatic nitrogens is 2. The van der Waals surface area contributed by atoms with Crippen molar-refractivity contribution in [3.63, 3.8) is 0 Å². The van der Waals surface area contributed by atoms with Crippen LogP contribution in [0.1, 0.15) is 24.2 Å². The van der Waals surface area contributed by atoms with Gasteiger partial charge in [0.25, 0.3) is 0 Å². The summed E-state index contributed by atoms with van der Waals surface area (Å²) < 4.78 is 5.15. The molecule has 2 atom stereocenters. The van der Waals surface area contributed by atoms with E-state index in [1.807, 2.05) is 37.3 Å². The summed E-state index contributed by atoms with van der Waals surface area (Å²) in [5.41, 5.74) is 8.35. The van der Waals surface area contributed by atoms with Gasteiger partial charge in [0.1, 0.15) is 5.75 Å². The number of hydrogen-bond donors (Lipinski definition) is 1. The van der Waals surface area contributed by atoms with Gasteiger partial charge in [-0.15, -0.1) is 0 Å². The molecule has 0 bridgehead atoms. The highest BCUT2D eigenvalue weighted by Crippen LogP contribution is 2.29. The molecule has 0 fully saturated rings. The summed E-state index contributed by atoms with van der Waals surface area (Å²) in [5.74, 6) is 0.836. The first-order valence-electron chi connectivity index (χ1n) is 6.46. The number of ether oxygens (including phenoxy) is 1. The van der Waals surface area contributed by atoms with Crippen LogP contribution in [0, 0.1) is 6.92 Å². The van der Waals surface area contributed by atoms with Crippen LogP contribution < -0.4 is 10.5 Å². The fourth-order valence-corrected chi connectivity index (χ4v) is 2.77. The Kier molecular flexibility index (Phi) is 4.98. The van der Waals surface area contributed by atoms with Gasteiger partial charge in [0.2, 0.25) is 0 Å². The molecule has 5 heteroatoms. The predicted octanol–water partition coefficient (Wildman–Crippen LogP) is 2.97. The Morgan fingerprint density at radius 1 is 1.20 bits per heavy atom. The van der Waals surface area contributed by atoms with Gasteiger partial charge in [-0.3, -0.25) is 0 Å². The molecule has 2 N–H and O–H groups in total. The largest absolute Gasteiger partial charge is 0.497 e. The van der Waals surface area contributed by atoms with Gasteiger partial charge in [-0.2, -0.15) is 0 Å².